The Labute approximate surface area is 220 Å². The fourth-order valence-corrected chi connectivity index (χ4v) is 5.33. The number of hydrogen-bond donors (Lipinski definition) is 1. The van der Waals surface area contributed by atoms with Crippen molar-refractivity contribution in [1.82, 2.24) is 0 Å². The van der Waals surface area contributed by atoms with Crippen molar-refractivity contribution in [3.8, 4) is 0 Å². The van der Waals surface area contributed by atoms with Gasteiger partial charge in [-0.15, -0.1) is 0 Å². The van der Waals surface area contributed by atoms with Crippen LogP contribution in [0.15, 0.2) is 133 Å². The second-order valence-corrected chi connectivity index (χ2v) is 9.41. The van der Waals surface area contributed by atoms with E-state index < -0.39 is 6.23 Å². The van der Waals surface area contributed by atoms with Crippen LogP contribution in [-0.4, -0.2) is 5.97 Å². The highest BCUT2D eigenvalue weighted by Crippen LogP contribution is 2.44. The van der Waals surface area contributed by atoms with Gasteiger partial charge in [-0.1, -0.05) is 91.0 Å². The minimum absolute atomic E-state index is 0.301. The molecule has 0 radical (unpaired) electrons. The molecule has 1 N–H and O–H groups in total. The number of carbonyl (C=O) groups excluding carboxylic acids is 1. The summed E-state index contributed by atoms with van der Waals surface area (Å²) in [6.07, 6.45) is -0.568. The maximum Gasteiger partial charge on any atom is 0.340 e. The van der Waals surface area contributed by atoms with E-state index in [-0.39, 0.29) is 5.97 Å². The second-order valence-electron chi connectivity index (χ2n) is 9.41. The molecule has 182 valence electrons. The number of esters is 1. The van der Waals surface area contributed by atoms with Crippen LogP contribution in [0.4, 0.5) is 22.7 Å². The topological polar surface area (TPSA) is 41.6 Å². The summed E-state index contributed by atoms with van der Waals surface area (Å²) in [6, 6.07) is 45.0. The average Bonchev–Trinajstić information content (AvgIpc) is 3.30. The molecule has 0 saturated carbocycles. The smallest absolute Gasteiger partial charge is 0.340 e. The fourth-order valence-electron chi connectivity index (χ4n) is 5.33. The van der Waals surface area contributed by atoms with Crippen molar-refractivity contribution >= 4 is 50.3 Å². The molecule has 4 heteroatoms. The van der Waals surface area contributed by atoms with Gasteiger partial charge in [-0.3, -0.25) is 0 Å². The summed E-state index contributed by atoms with van der Waals surface area (Å²) >= 11 is 0. The van der Waals surface area contributed by atoms with Crippen molar-refractivity contribution in [2.24, 2.45) is 0 Å². The van der Waals surface area contributed by atoms with Crippen LogP contribution >= 0.6 is 0 Å². The normalized spacial score (nSPS) is 14.3. The Morgan fingerprint density at radius 1 is 0.605 bits per heavy atom. The number of fused-ring (bicyclic) bond motifs is 3. The van der Waals surface area contributed by atoms with Crippen LogP contribution in [-0.2, 0) is 4.74 Å². The number of nitrogens with one attached hydrogen (secondary N) is 1. The molecule has 0 saturated heterocycles. The molecule has 0 amide bonds. The summed E-state index contributed by atoms with van der Waals surface area (Å²) < 4.78 is 6.00. The van der Waals surface area contributed by atoms with Crippen LogP contribution in [0.3, 0.4) is 0 Å². The lowest BCUT2D eigenvalue weighted by Crippen LogP contribution is -2.24. The van der Waals surface area contributed by atoms with Gasteiger partial charge in [0.2, 0.25) is 6.23 Å². The first-order chi connectivity index (χ1) is 18.8. The van der Waals surface area contributed by atoms with Gasteiger partial charge >= 0.3 is 5.97 Å². The summed E-state index contributed by atoms with van der Waals surface area (Å²) in [5.74, 6) is -0.301. The summed E-state index contributed by atoms with van der Waals surface area (Å²) in [5, 5.41) is 8.15. The fraction of sp³-hybridized carbons (Fsp3) is 0.0294. The highest BCUT2D eigenvalue weighted by Gasteiger charge is 2.36. The maximum absolute atomic E-state index is 12.8. The third-order valence-electron chi connectivity index (χ3n) is 7.14. The van der Waals surface area contributed by atoms with E-state index in [9.17, 15) is 4.79 Å². The predicted octanol–water partition coefficient (Wildman–Crippen LogP) is 8.74. The van der Waals surface area contributed by atoms with E-state index in [2.05, 4.69) is 101 Å². The summed E-state index contributed by atoms with van der Waals surface area (Å²) in [7, 11) is 0. The van der Waals surface area contributed by atoms with Gasteiger partial charge in [0.1, 0.15) is 0 Å². The Bertz CT molecular complexity index is 1800. The van der Waals surface area contributed by atoms with E-state index in [1.54, 1.807) is 0 Å². The number of anilines is 4. The largest absolute Gasteiger partial charge is 0.433 e. The van der Waals surface area contributed by atoms with E-state index in [4.69, 9.17) is 4.74 Å². The molecule has 0 spiro atoms. The van der Waals surface area contributed by atoms with Crippen molar-refractivity contribution < 1.29 is 9.53 Å². The number of hydrogen-bond acceptors (Lipinski definition) is 4. The highest BCUT2D eigenvalue weighted by molar-refractivity contribution is 5.99. The molecule has 1 atom stereocenters. The molecular formula is C34H24N2O2. The van der Waals surface area contributed by atoms with Crippen LogP contribution in [0.2, 0.25) is 0 Å². The molecule has 7 rings (SSSR count). The lowest BCUT2D eigenvalue weighted by atomic mass is 10.0. The third-order valence-corrected chi connectivity index (χ3v) is 7.14. The maximum atomic E-state index is 12.8. The van der Waals surface area contributed by atoms with E-state index in [1.165, 1.54) is 10.8 Å². The van der Waals surface area contributed by atoms with Crippen molar-refractivity contribution in [3.05, 3.63) is 145 Å². The SMILES string of the molecule is O=C1OC(N(c2ccc(Nc3cccc4ccccc34)cc2)c2cccc3ccccc23)c2ccccc21. The van der Waals surface area contributed by atoms with Crippen LogP contribution < -0.4 is 10.2 Å². The molecule has 6 aromatic rings. The molecule has 4 nitrogen and oxygen atoms in total. The zero-order chi connectivity index (χ0) is 25.5. The molecular weight excluding hydrogens is 468 g/mol. The zero-order valence-corrected chi connectivity index (χ0v) is 20.5. The van der Waals surface area contributed by atoms with Crippen molar-refractivity contribution in [1.29, 1.82) is 0 Å². The minimum atomic E-state index is -0.568. The molecule has 1 heterocycles. The van der Waals surface area contributed by atoms with E-state index in [1.807, 2.05) is 42.5 Å². The third kappa shape index (κ3) is 3.75. The molecule has 1 unspecified atom stereocenters. The number of rotatable bonds is 5. The molecule has 0 bridgehead atoms. The lowest BCUT2D eigenvalue weighted by Gasteiger charge is -2.31. The van der Waals surface area contributed by atoms with E-state index in [0.717, 1.165) is 39.1 Å². The molecule has 0 aliphatic carbocycles. The molecule has 6 aromatic carbocycles. The Morgan fingerprint density at radius 3 is 2.05 bits per heavy atom. The average molecular weight is 493 g/mol. The number of carbonyl (C=O) groups is 1. The van der Waals surface area contributed by atoms with Gasteiger partial charge in [0.25, 0.3) is 0 Å². The van der Waals surface area contributed by atoms with Crippen LogP contribution in [0.25, 0.3) is 21.5 Å². The molecule has 0 fully saturated rings. The second kappa shape index (κ2) is 9.09. The van der Waals surface area contributed by atoms with Crippen LogP contribution in [0.1, 0.15) is 22.1 Å². The van der Waals surface area contributed by atoms with E-state index in [0.29, 0.717) is 5.56 Å². The van der Waals surface area contributed by atoms with E-state index >= 15 is 0 Å². The molecule has 0 aromatic heterocycles. The molecule has 38 heavy (non-hydrogen) atoms. The predicted molar refractivity (Wildman–Crippen MR) is 154 cm³/mol. The van der Waals surface area contributed by atoms with Crippen molar-refractivity contribution in [2.75, 3.05) is 10.2 Å². The Hall–Kier alpha value is -5.09. The highest BCUT2D eigenvalue weighted by atomic mass is 16.6. The molecule has 1 aliphatic heterocycles. The van der Waals surface area contributed by atoms with Gasteiger partial charge < -0.3 is 15.0 Å². The van der Waals surface area contributed by atoms with Gasteiger partial charge in [0.15, 0.2) is 0 Å². The number of cyclic esters (lactones) is 1. The molecule has 1 aliphatic rings. The quantitative estimate of drug-likeness (QED) is 0.244. The van der Waals surface area contributed by atoms with Gasteiger partial charge in [-0.25, -0.2) is 4.79 Å². The summed E-state index contributed by atoms with van der Waals surface area (Å²) in [4.78, 5) is 14.9. The van der Waals surface area contributed by atoms with Gasteiger partial charge in [0.05, 0.1) is 11.3 Å². The summed E-state index contributed by atoms with van der Waals surface area (Å²) in [5.41, 5.74) is 5.42. The van der Waals surface area contributed by atoms with Gasteiger partial charge in [0, 0.05) is 33.4 Å². The minimum Gasteiger partial charge on any atom is -0.433 e. The zero-order valence-electron chi connectivity index (χ0n) is 20.5. The van der Waals surface area contributed by atoms with Gasteiger partial charge in [-0.05, 0) is 53.2 Å². The van der Waals surface area contributed by atoms with Crippen LogP contribution in [0.5, 0.6) is 0 Å². The Kier molecular flexibility index (Phi) is 5.30. The first kappa shape index (κ1) is 22.1. The van der Waals surface area contributed by atoms with Crippen LogP contribution in [0, 0.1) is 0 Å². The first-order valence-electron chi connectivity index (χ1n) is 12.7. The Morgan fingerprint density at radius 2 is 1.24 bits per heavy atom. The standard InChI is InChI=1S/C34H24N2O2/c37-34-30-16-6-5-15-29(30)33(38-34)36(32-18-8-12-24-10-2-4-14-28(24)32)26-21-19-25(20-22-26)35-31-17-7-11-23-9-1-3-13-27(23)31/h1-22,33,35H. The van der Waals surface area contributed by atoms with Gasteiger partial charge in [-0.2, -0.15) is 0 Å². The monoisotopic (exact) mass is 492 g/mol. The Balaban J connectivity index is 1.32. The van der Waals surface area contributed by atoms with Crippen molar-refractivity contribution in [2.45, 2.75) is 6.23 Å². The lowest BCUT2D eigenvalue weighted by molar-refractivity contribution is 0.0399. The number of nitrogens with zero attached hydrogens (tertiary/aromatic N) is 1. The summed E-state index contributed by atoms with van der Waals surface area (Å²) in [6.45, 7) is 0. The van der Waals surface area contributed by atoms with Crippen molar-refractivity contribution in [3.63, 3.8) is 0 Å². The number of benzene rings is 6. The number of ether oxygens (including phenoxy) is 1. The first-order valence-corrected chi connectivity index (χ1v) is 12.7.